The number of halogens is 2. The van der Waals surface area contributed by atoms with E-state index in [9.17, 15) is 4.39 Å². The Labute approximate surface area is 90.9 Å². The van der Waals surface area contributed by atoms with Gasteiger partial charge in [-0.1, -0.05) is 15.9 Å². The van der Waals surface area contributed by atoms with Gasteiger partial charge >= 0.3 is 0 Å². The first kappa shape index (κ1) is 11.2. The molecule has 4 heteroatoms. The predicted molar refractivity (Wildman–Crippen MR) is 56.1 cm³/mol. The first-order valence-electron chi connectivity index (χ1n) is 4.18. The molecule has 1 aromatic carbocycles. The summed E-state index contributed by atoms with van der Waals surface area (Å²) < 4.78 is 14.2. The summed E-state index contributed by atoms with van der Waals surface area (Å²) in [6.07, 6.45) is 0.254. The van der Waals surface area contributed by atoms with Crippen LogP contribution < -0.4 is 5.32 Å². The Hall–Kier alpha value is -0.920. The lowest BCUT2D eigenvalue weighted by Crippen LogP contribution is -2.17. The number of nitriles is 1. The van der Waals surface area contributed by atoms with Gasteiger partial charge in [0, 0.05) is 16.1 Å². The minimum Gasteiger partial charge on any atom is -0.312 e. The molecule has 74 valence electrons. The van der Waals surface area contributed by atoms with Crippen LogP contribution in [0.2, 0.25) is 0 Å². The van der Waals surface area contributed by atoms with E-state index in [-0.39, 0.29) is 18.3 Å². The molecule has 2 nitrogen and oxygen atoms in total. The Bertz CT molecular complexity index is 360. The van der Waals surface area contributed by atoms with Crippen molar-refractivity contribution < 1.29 is 4.39 Å². The molecule has 0 aliphatic heterocycles. The third-order valence-electron chi connectivity index (χ3n) is 1.98. The van der Waals surface area contributed by atoms with Gasteiger partial charge in [-0.05, 0) is 25.2 Å². The maximum atomic E-state index is 13.4. The summed E-state index contributed by atoms with van der Waals surface area (Å²) in [5.41, 5.74) is 0.517. The Morgan fingerprint density at radius 2 is 2.36 bits per heavy atom. The normalized spacial score (nSPS) is 12.1. The summed E-state index contributed by atoms with van der Waals surface area (Å²) in [4.78, 5) is 0. The number of nitrogens with zero attached hydrogens (tertiary/aromatic N) is 1. The summed E-state index contributed by atoms with van der Waals surface area (Å²) in [6, 6.07) is 6.48. The van der Waals surface area contributed by atoms with E-state index >= 15 is 0 Å². The topological polar surface area (TPSA) is 35.8 Å². The van der Waals surface area contributed by atoms with Gasteiger partial charge in [0.15, 0.2) is 0 Å². The molecule has 14 heavy (non-hydrogen) atoms. The van der Waals surface area contributed by atoms with Crippen molar-refractivity contribution >= 4 is 15.9 Å². The van der Waals surface area contributed by atoms with Crippen LogP contribution in [-0.4, -0.2) is 7.05 Å². The molecule has 0 aliphatic carbocycles. The molecule has 0 heterocycles. The number of benzene rings is 1. The summed E-state index contributed by atoms with van der Waals surface area (Å²) in [7, 11) is 1.71. The quantitative estimate of drug-likeness (QED) is 0.903. The van der Waals surface area contributed by atoms with Gasteiger partial charge in [-0.2, -0.15) is 5.26 Å². The van der Waals surface area contributed by atoms with Crippen molar-refractivity contribution in [1.29, 1.82) is 5.26 Å². The average molecular weight is 257 g/mol. The maximum Gasteiger partial charge on any atom is 0.128 e. The van der Waals surface area contributed by atoms with Crippen molar-refractivity contribution in [1.82, 2.24) is 5.32 Å². The Morgan fingerprint density at radius 3 is 2.93 bits per heavy atom. The van der Waals surface area contributed by atoms with Crippen LogP contribution >= 0.6 is 15.9 Å². The number of hydrogen-bond acceptors (Lipinski definition) is 2. The van der Waals surface area contributed by atoms with E-state index in [2.05, 4.69) is 21.2 Å². The minimum atomic E-state index is -0.289. The molecule has 0 amide bonds. The van der Waals surface area contributed by atoms with Crippen LogP contribution in [0, 0.1) is 17.1 Å². The van der Waals surface area contributed by atoms with E-state index in [1.54, 1.807) is 19.2 Å². The lowest BCUT2D eigenvalue weighted by molar-refractivity contribution is 0.542. The van der Waals surface area contributed by atoms with Gasteiger partial charge in [-0.25, -0.2) is 4.39 Å². The molecule has 0 saturated carbocycles. The van der Waals surface area contributed by atoms with Gasteiger partial charge in [0.25, 0.3) is 0 Å². The molecule has 0 aliphatic rings. The first-order valence-corrected chi connectivity index (χ1v) is 4.97. The molecular weight excluding hydrogens is 247 g/mol. The fraction of sp³-hybridized carbons (Fsp3) is 0.300. The van der Waals surface area contributed by atoms with Crippen LogP contribution in [-0.2, 0) is 0 Å². The van der Waals surface area contributed by atoms with Crippen LogP contribution in [0.15, 0.2) is 22.7 Å². The van der Waals surface area contributed by atoms with Gasteiger partial charge in [-0.3, -0.25) is 0 Å². The summed E-state index contributed by atoms with van der Waals surface area (Å²) in [6.45, 7) is 0. The molecule has 0 fully saturated rings. The second-order valence-corrected chi connectivity index (χ2v) is 3.79. The molecule has 0 saturated heterocycles. The SMILES string of the molecule is CNC(CC#N)c1cc(Br)ccc1F. The summed E-state index contributed by atoms with van der Waals surface area (Å²) in [5.74, 6) is -0.289. The minimum absolute atomic E-state index is 0.252. The van der Waals surface area contributed by atoms with Crippen molar-refractivity contribution in [3.63, 3.8) is 0 Å². The Morgan fingerprint density at radius 1 is 1.64 bits per heavy atom. The summed E-state index contributed by atoms with van der Waals surface area (Å²) >= 11 is 3.27. The number of rotatable bonds is 3. The van der Waals surface area contributed by atoms with Crippen molar-refractivity contribution in [3.05, 3.63) is 34.1 Å². The Kier molecular flexibility index (Phi) is 4.05. The number of nitrogens with one attached hydrogen (secondary N) is 1. The van der Waals surface area contributed by atoms with E-state index in [1.165, 1.54) is 6.07 Å². The predicted octanol–water partition coefficient (Wildman–Crippen LogP) is 2.76. The van der Waals surface area contributed by atoms with Gasteiger partial charge in [0.05, 0.1) is 12.5 Å². The standard InChI is InChI=1S/C10H10BrFN2/c1-14-10(4-5-13)8-6-7(11)2-3-9(8)12/h2-3,6,10,14H,4H2,1H3. The van der Waals surface area contributed by atoms with Gasteiger partial charge in [-0.15, -0.1) is 0 Å². The molecule has 1 aromatic rings. The summed E-state index contributed by atoms with van der Waals surface area (Å²) in [5, 5.41) is 11.5. The van der Waals surface area contributed by atoms with Gasteiger partial charge in [0.1, 0.15) is 5.82 Å². The second kappa shape index (κ2) is 5.08. The maximum absolute atomic E-state index is 13.4. The zero-order valence-corrected chi connectivity index (χ0v) is 9.31. The lowest BCUT2D eigenvalue weighted by atomic mass is 10.0. The molecule has 0 spiro atoms. The first-order chi connectivity index (χ1) is 6.69. The van der Waals surface area contributed by atoms with Crippen LogP contribution in [0.4, 0.5) is 4.39 Å². The second-order valence-electron chi connectivity index (χ2n) is 2.87. The number of hydrogen-bond donors (Lipinski definition) is 1. The highest BCUT2D eigenvalue weighted by Gasteiger charge is 2.13. The van der Waals surface area contributed by atoms with E-state index in [0.717, 1.165) is 4.47 Å². The fourth-order valence-electron chi connectivity index (χ4n) is 1.24. The average Bonchev–Trinajstić information content (AvgIpc) is 2.18. The molecule has 0 radical (unpaired) electrons. The smallest absolute Gasteiger partial charge is 0.128 e. The fourth-order valence-corrected chi connectivity index (χ4v) is 1.62. The van der Waals surface area contributed by atoms with Crippen LogP contribution in [0.5, 0.6) is 0 Å². The molecule has 1 unspecified atom stereocenters. The highest BCUT2D eigenvalue weighted by atomic mass is 79.9. The van der Waals surface area contributed by atoms with Crippen LogP contribution in [0.25, 0.3) is 0 Å². The lowest BCUT2D eigenvalue weighted by Gasteiger charge is -2.13. The van der Waals surface area contributed by atoms with Crippen LogP contribution in [0.3, 0.4) is 0 Å². The van der Waals surface area contributed by atoms with Crippen molar-refractivity contribution in [2.45, 2.75) is 12.5 Å². The van der Waals surface area contributed by atoms with Crippen molar-refractivity contribution in [2.75, 3.05) is 7.05 Å². The van der Waals surface area contributed by atoms with E-state index in [0.29, 0.717) is 5.56 Å². The highest BCUT2D eigenvalue weighted by Crippen LogP contribution is 2.23. The zero-order valence-electron chi connectivity index (χ0n) is 7.72. The van der Waals surface area contributed by atoms with Crippen LogP contribution in [0.1, 0.15) is 18.0 Å². The zero-order chi connectivity index (χ0) is 10.6. The molecule has 0 aromatic heterocycles. The van der Waals surface area contributed by atoms with E-state index in [4.69, 9.17) is 5.26 Å². The van der Waals surface area contributed by atoms with Crippen molar-refractivity contribution in [2.24, 2.45) is 0 Å². The van der Waals surface area contributed by atoms with Crippen molar-refractivity contribution in [3.8, 4) is 6.07 Å². The molecule has 0 bridgehead atoms. The molecule has 1 rings (SSSR count). The van der Waals surface area contributed by atoms with Gasteiger partial charge < -0.3 is 5.32 Å². The highest BCUT2D eigenvalue weighted by molar-refractivity contribution is 9.10. The molecule has 1 N–H and O–H groups in total. The third-order valence-corrected chi connectivity index (χ3v) is 2.47. The van der Waals surface area contributed by atoms with Gasteiger partial charge in [0.2, 0.25) is 0 Å². The van der Waals surface area contributed by atoms with E-state index in [1.807, 2.05) is 6.07 Å². The van der Waals surface area contributed by atoms with E-state index < -0.39 is 0 Å². The largest absolute Gasteiger partial charge is 0.312 e. The molecular formula is C10H10BrFN2. The Balaban J connectivity index is 3.03. The monoisotopic (exact) mass is 256 g/mol. The molecule has 1 atom stereocenters. The third kappa shape index (κ3) is 2.53.